The Kier molecular flexibility index (Phi) is 3.08. The first-order valence-electron chi connectivity index (χ1n) is 5.06. The molecule has 1 aromatic heterocycles. The van der Waals surface area contributed by atoms with Crippen LogP contribution < -0.4 is 5.32 Å². The average molecular weight is 198 g/mol. The van der Waals surface area contributed by atoms with Crippen molar-refractivity contribution >= 4 is 0 Å². The van der Waals surface area contributed by atoms with Crippen LogP contribution in [0.1, 0.15) is 25.1 Å². The molecule has 0 saturated heterocycles. The number of aromatic nitrogens is 3. The van der Waals surface area contributed by atoms with E-state index >= 15 is 0 Å². The summed E-state index contributed by atoms with van der Waals surface area (Å²) < 4.78 is 13.7. The summed E-state index contributed by atoms with van der Waals surface area (Å²) in [5.74, 6) is 0.908. The van der Waals surface area contributed by atoms with Crippen LogP contribution in [0, 0.1) is 0 Å². The largest absolute Gasteiger partial charge is 0.307 e. The summed E-state index contributed by atoms with van der Waals surface area (Å²) in [6.45, 7) is 1.07. The fourth-order valence-corrected chi connectivity index (χ4v) is 1.34. The number of alkyl halides is 1. The Hall–Kier alpha value is -0.970. The van der Waals surface area contributed by atoms with Gasteiger partial charge in [-0.05, 0) is 19.3 Å². The van der Waals surface area contributed by atoms with Gasteiger partial charge in [-0.3, -0.25) is 4.39 Å². The molecule has 1 aliphatic rings. The molecular weight excluding hydrogens is 183 g/mol. The molecule has 0 unspecified atom stereocenters. The summed E-state index contributed by atoms with van der Waals surface area (Å²) in [5.41, 5.74) is 0. The molecular formula is C9H15FN4. The van der Waals surface area contributed by atoms with Crippen LogP contribution in [0.25, 0.3) is 0 Å². The van der Waals surface area contributed by atoms with Crippen LogP contribution in [0.2, 0.25) is 0 Å². The number of hydrogen-bond donors (Lipinski definition) is 1. The fourth-order valence-electron chi connectivity index (χ4n) is 1.34. The Bertz CT molecular complexity index is 282. The maximum absolute atomic E-state index is 12.0. The molecule has 2 rings (SSSR count). The number of nitrogens with zero attached hydrogens (tertiary/aromatic N) is 3. The quantitative estimate of drug-likeness (QED) is 0.738. The third-order valence-corrected chi connectivity index (χ3v) is 2.33. The van der Waals surface area contributed by atoms with Crippen LogP contribution in [-0.2, 0) is 13.1 Å². The molecule has 0 atom stereocenters. The normalized spacial score (nSPS) is 16.1. The predicted octanol–water partition coefficient (Wildman–Crippen LogP) is 0.890. The monoisotopic (exact) mass is 198 g/mol. The van der Waals surface area contributed by atoms with Gasteiger partial charge in [-0.15, -0.1) is 0 Å². The highest BCUT2D eigenvalue weighted by Gasteiger charge is 2.20. The molecule has 14 heavy (non-hydrogen) atoms. The van der Waals surface area contributed by atoms with E-state index < -0.39 is 0 Å². The molecule has 1 saturated carbocycles. The summed E-state index contributed by atoms with van der Waals surface area (Å²) in [6.07, 6.45) is 4.57. The molecule has 1 heterocycles. The van der Waals surface area contributed by atoms with Crippen molar-refractivity contribution in [1.29, 1.82) is 0 Å². The lowest BCUT2D eigenvalue weighted by Crippen LogP contribution is -2.19. The third-order valence-electron chi connectivity index (χ3n) is 2.33. The van der Waals surface area contributed by atoms with E-state index in [4.69, 9.17) is 0 Å². The van der Waals surface area contributed by atoms with E-state index in [0.29, 0.717) is 19.0 Å². The number of aryl methyl sites for hydroxylation is 1. The Morgan fingerprint density at radius 2 is 2.43 bits per heavy atom. The van der Waals surface area contributed by atoms with Gasteiger partial charge in [-0.25, -0.2) is 9.67 Å². The van der Waals surface area contributed by atoms with Crippen LogP contribution in [-0.4, -0.2) is 27.5 Å². The average Bonchev–Trinajstić information content (AvgIpc) is 2.92. The molecule has 5 heteroatoms. The van der Waals surface area contributed by atoms with Gasteiger partial charge in [-0.2, -0.15) is 5.10 Å². The molecule has 1 aromatic rings. The van der Waals surface area contributed by atoms with Crippen LogP contribution in [0.3, 0.4) is 0 Å². The van der Waals surface area contributed by atoms with Gasteiger partial charge in [0, 0.05) is 12.6 Å². The standard InChI is InChI=1S/C9H15FN4/c10-4-1-5-14-9(12-7-13-14)6-11-8-2-3-8/h7-8,11H,1-6H2. The van der Waals surface area contributed by atoms with E-state index in [0.717, 1.165) is 12.4 Å². The van der Waals surface area contributed by atoms with Gasteiger partial charge in [0.15, 0.2) is 0 Å². The van der Waals surface area contributed by atoms with Crippen molar-refractivity contribution in [1.82, 2.24) is 20.1 Å². The van der Waals surface area contributed by atoms with Gasteiger partial charge in [-0.1, -0.05) is 0 Å². The van der Waals surface area contributed by atoms with Gasteiger partial charge in [0.2, 0.25) is 0 Å². The Balaban J connectivity index is 1.83. The zero-order chi connectivity index (χ0) is 9.80. The number of nitrogens with one attached hydrogen (secondary N) is 1. The molecule has 0 spiro atoms. The number of halogens is 1. The Labute approximate surface area is 82.5 Å². The smallest absolute Gasteiger partial charge is 0.140 e. The zero-order valence-corrected chi connectivity index (χ0v) is 8.12. The van der Waals surface area contributed by atoms with Crippen molar-refractivity contribution < 1.29 is 4.39 Å². The van der Waals surface area contributed by atoms with Crippen molar-refractivity contribution in [2.24, 2.45) is 0 Å². The Morgan fingerprint density at radius 1 is 1.57 bits per heavy atom. The second kappa shape index (κ2) is 4.50. The maximum atomic E-state index is 12.0. The van der Waals surface area contributed by atoms with E-state index in [-0.39, 0.29) is 6.67 Å². The van der Waals surface area contributed by atoms with Gasteiger partial charge in [0.05, 0.1) is 13.2 Å². The van der Waals surface area contributed by atoms with Crippen molar-refractivity contribution in [3.63, 3.8) is 0 Å². The first-order valence-corrected chi connectivity index (χ1v) is 5.06. The lowest BCUT2D eigenvalue weighted by molar-refractivity contribution is 0.426. The van der Waals surface area contributed by atoms with Crippen molar-refractivity contribution in [2.45, 2.75) is 38.4 Å². The first-order chi connectivity index (χ1) is 6.90. The van der Waals surface area contributed by atoms with E-state index in [2.05, 4.69) is 15.4 Å². The van der Waals surface area contributed by atoms with Gasteiger partial charge in [0.1, 0.15) is 12.2 Å². The topological polar surface area (TPSA) is 42.7 Å². The summed E-state index contributed by atoms with van der Waals surface area (Å²) in [6, 6.07) is 0.668. The molecule has 1 aliphatic carbocycles. The zero-order valence-electron chi connectivity index (χ0n) is 8.12. The molecule has 0 bridgehead atoms. The Morgan fingerprint density at radius 3 is 3.14 bits per heavy atom. The number of hydrogen-bond acceptors (Lipinski definition) is 3. The summed E-state index contributed by atoms with van der Waals surface area (Å²) in [4.78, 5) is 4.14. The van der Waals surface area contributed by atoms with Crippen molar-refractivity contribution in [3.05, 3.63) is 12.2 Å². The summed E-state index contributed by atoms with van der Waals surface area (Å²) in [7, 11) is 0. The van der Waals surface area contributed by atoms with Gasteiger partial charge >= 0.3 is 0 Å². The lowest BCUT2D eigenvalue weighted by Gasteiger charge is -2.04. The first kappa shape index (κ1) is 9.58. The molecule has 0 aliphatic heterocycles. The molecule has 0 radical (unpaired) electrons. The molecule has 1 N–H and O–H groups in total. The van der Waals surface area contributed by atoms with E-state index in [9.17, 15) is 4.39 Å². The van der Waals surface area contributed by atoms with Crippen LogP contribution in [0.5, 0.6) is 0 Å². The molecule has 78 valence electrons. The van der Waals surface area contributed by atoms with Crippen LogP contribution in [0.15, 0.2) is 6.33 Å². The van der Waals surface area contributed by atoms with E-state index in [1.807, 2.05) is 0 Å². The summed E-state index contributed by atoms with van der Waals surface area (Å²) in [5, 5.41) is 7.41. The maximum Gasteiger partial charge on any atom is 0.140 e. The van der Waals surface area contributed by atoms with E-state index in [1.165, 1.54) is 19.2 Å². The lowest BCUT2D eigenvalue weighted by atomic mass is 10.4. The van der Waals surface area contributed by atoms with E-state index in [1.54, 1.807) is 4.68 Å². The highest BCUT2D eigenvalue weighted by Crippen LogP contribution is 2.18. The SMILES string of the molecule is FCCCn1ncnc1CNC1CC1. The highest BCUT2D eigenvalue weighted by molar-refractivity contribution is 4.88. The summed E-state index contributed by atoms with van der Waals surface area (Å²) >= 11 is 0. The second-order valence-electron chi connectivity index (χ2n) is 3.60. The molecule has 1 fully saturated rings. The molecule has 0 amide bonds. The second-order valence-corrected chi connectivity index (χ2v) is 3.60. The minimum atomic E-state index is -0.296. The molecule has 4 nitrogen and oxygen atoms in total. The van der Waals surface area contributed by atoms with Crippen LogP contribution in [0.4, 0.5) is 4.39 Å². The van der Waals surface area contributed by atoms with Gasteiger partial charge in [0.25, 0.3) is 0 Å². The number of rotatable bonds is 6. The van der Waals surface area contributed by atoms with Gasteiger partial charge < -0.3 is 5.32 Å². The highest BCUT2D eigenvalue weighted by atomic mass is 19.1. The minimum absolute atomic E-state index is 0.296. The third kappa shape index (κ3) is 2.51. The molecule has 0 aromatic carbocycles. The van der Waals surface area contributed by atoms with Crippen LogP contribution >= 0.6 is 0 Å². The van der Waals surface area contributed by atoms with Crippen molar-refractivity contribution in [2.75, 3.05) is 6.67 Å². The fraction of sp³-hybridized carbons (Fsp3) is 0.778. The predicted molar refractivity (Wildman–Crippen MR) is 50.5 cm³/mol. The van der Waals surface area contributed by atoms with Crippen molar-refractivity contribution in [3.8, 4) is 0 Å². The minimum Gasteiger partial charge on any atom is -0.307 e.